The van der Waals surface area contributed by atoms with Gasteiger partial charge in [-0.05, 0) is 50.5 Å². The summed E-state index contributed by atoms with van der Waals surface area (Å²) in [6.45, 7) is 5.93. The van der Waals surface area contributed by atoms with Gasteiger partial charge in [0, 0.05) is 37.7 Å². The molecule has 1 saturated carbocycles. The summed E-state index contributed by atoms with van der Waals surface area (Å²) in [6, 6.07) is 14.4. The number of oxazole rings is 1. The summed E-state index contributed by atoms with van der Waals surface area (Å²) >= 11 is 0. The molecule has 1 amide bonds. The van der Waals surface area contributed by atoms with Crippen molar-refractivity contribution in [1.82, 2.24) is 9.88 Å². The molecule has 2 aromatic carbocycles. The molecule has 2 heterocycles. The SMILES string of the molecule is Cc1ccc(S(=O)(=O)c2nc(-c3ccccc3C)oc2N2CCN(C(=O)C3CC3)CC2)cc1. The van der Waals surface area contributed by atoms with Gasteiger partial charge in [-0.25, -0.2) is 8.42 Å². The molecule has 7 nitrogen and oxygen atoms in total. The first-order valence-corrected chi connectivity index (χ1v) is 12.8. The minimum Gasteiger partial charge on any atom is -0.419 e. The quantitative estimate of drug-likeness (QED) is 0.569. The molecule has 2 fully saturated rings. The summed E-state index contributed by atoms with van der Waals surface area (Å²) in [6.07, 6.45) is 1.94. The lowest BCUT2D eigenvalue weighted by atomic mass is 10.1. The van der Waals surface area contributed by atoms with Crippen LogP contribution in [0.5, 0.6) is 0 Å². The fourth-order valence-corrected chi connectivity index (χ4v) is 5.47. The Labute approximate surface area is 194 Å². The molecule has 1 aliphatic carbocycles. The third kappa shape index (κ3) is 4.15. The zero-order chi connectivity index (χ0) is 23.2. The van der Waals surface area contributed by atoms with E-state index >= 15 is 0 Å². The lowest BCUT2D eigenvalue weighted by Crippen LogP contribution is -2.49. The van der Waals surface area contributed by atoms with Crippen LogP contribution in [0.25, 0.3) is 11.5 Å². The van der Waals surface area contributed by atoms with Crippen molar-refractivity contribution in [1.29, 1.82) is 0 Å². The van der Waals surface area contributed by atoms with E-state index in [9.17, 15) is 13.2 Å². The molecule has 0 unspecified atom stereocenters. The van der Waals surface area contributed by atoms with Gasteiger partial charge in [-0.1, -0.05) is 35.9 Å². The number of amides is 1. The first-order chi connectivity index (χ1) is 15.8. The number of hydrogen-bond acceptors (Lipinski definition) is 6. The van der Waals surface area contributed by atoms with Crippen LogP contribution in [0.3, 0.4) is 0 Å². The average molecular weight is 466 g/mol. The molecule has 1 aliphatic heterocycles. The minimum absolute atomic E-state index is 0.0772. The number of hydrogen-bond donors (Lipinski definition) is 0. The van der Waals surface area contributed by atoms with Crippen LogP contribution < -0.4 is 4.90 Å². The van der Waals surface area contributed by atoms with Gasteiger partial charge in [0.25, 0.3) is 0 Å². The number of sulfone groups is 1. The van der Waals surface area contributed by atoms with Crippen molar-refractivity contribution in [2.75, 3.05) is 31.1 Å². The number of nitrogens with zero attached hydrogens (tertiary/aromatic N) is 3. The summed E-state index contributed by atoms with van der Waals surface area (Å²) in [5.74, 6) is 0.907. The Morgan fingerprint density at radius 2 is 1.64 bits per heavy atom. The highest BCUT2D eigenvalue weighted by Crippen LogP contribution is 2.37. The van der Waals surface area contributed by atoms with E-state index in [1.54, 1.807) is 24.3 Å². The van der Waals surface area contributed by atoms with E-state index in [0.717, 1.165) is 29.5 Å². The topological polar surface area (TPSA) is 83.7 Å². The van der Waals surface area contributed by atoms with E-state index in [1.807, 2.05) is 47.9 Å². The summed E-state index contributed by atoms with van der Waals surface area (Å²) in [7, 11) is -3.90. The Morgan fingerprint density at radius 1 is 0.970 bits per heavy atom. The van der Waals surface area contributed by atoms with Crippen molar-refractivity contribution in [3.63, 3.8) is 0 Å². The molecular weight excluding hydrogens is 438 g/mol. The molecule has 5 rings (SSSR count). The van der Waals surface area contributed by atoms with Crippen LogP contribution in [0.4, 0.5) is 5.88 Å². The van der Waals surface area contributed by atoms with E-state index in [-0.39, 0.29) is 33.5 Å². The number of anilines is 1. The van der Waals surface area contributed by atoms with Crippen molar-refractivity contribution < 1.29 is 17.6 Å². The predicted molar refractivity (Wildman–Crippen MR) is 125 cm³/mol. The van der Waals surface area contributed by atoms with Crippen LogP contribution in [0, 0.1) is 19.8 Å². The first-order valence-electron chi connectivity index (χ1n) is 11.3. The van der Waals surface area contributed by atoms with Crippen LogP contribution >= 0.6 is 0 Å². The maximum Gasteiger partial charge on any atom is 0.236 e. The van der Waals surface area contributed by atoms with E-state index in [2.05, 4.69) is 4.98 Å². The Kier molecular flexibility index (Phi) is 5.48. The van der Waals surface area contributed by atoms with Crippen LogP contribution in [0.1, 0.15) is 24.0 Å². The summed E-state index contributed by atoms with van der Waals surface area (Å²) in [4.78, 5) is 20.9. The highest BCUT2D eigenvalue weighted by molar-refractivity contribution is 7.91. The smallest absolute Gasteiger partial charge is 0.236 e. The van der Waals surface area contributed by atoms with Crippen LogP contribution in [-0.4, -0.2) is 50.4 Å². The first kappa shape index (κ1) is 21.7. The van der Waals surface area contributed by atoms with Crippen molar-refractivity contribution >= 4 is 21.6 Å². The maximum absolute atomic E-state index is 13.6. The van der Waals surface area contributed by atoms with E-state index in [0.29, 0.717) is 26.2 Å². The third-order valence-electron chi connectivity index (χ3n) is 6.35. The molecule has 1 aromatic heterocycles. The Balaban J connectivity index is 1.53. The lowest BCUT2D eigenvalue weighted by Gasteiger charge is -2.34. The fourth-order valence-electron chi connectivity index (χ4n) is 4.15. The lowest BCUT2D eigenvalue weighted by molar-refractivity contribution is -0.132. The highest BCUT2D eigenvalue weighted by atomic mass is 32.2. The second-order valence-corrected chi connectivity index (χ2v) is 10.7. The molecule has 0 spiro atoms. The van der Waals surface area contributed by atoms with Gasteiger partial charge in [0.05, 0.1) is 4.90 Å². The second-order valence-electron chi connectivity index (χ2n) is 8.85. The molecular formula is C25H27N3O4S. The number of rotatable bonds is 5. The molecule has 8 heteroatoms. The van der Waals surface area contributed by atoms with Crippen LogP contribution in [0.15, 0.2) is 62.9 Å². The van der Waals surface area contributed by atoms with Gasteiger partial charge < -0.3 is 14.2 Å². The number of carbonyl (C=O) groups is 1. The van der Waals surface area contributed by atoms with Gasteiger partial charge in [-0.3, -0.25) is 4.79 Å². The molecule has 1 saturated heterocycles. The number of benzene rings is 2. The molecule has 0 atom stereocenters. The van der Waals surface area contributed by atoms with Gasteiger partial charge in [-0.2, -0.15) is 4.98 Å². The summed E-state index contributed by atoms with van der Waals surface area (Å²) < 4.78 is 33.3. The zero-order valence-electron chi connectivity index (χ0n) is 18.8. The summed E-state index contributed by atoms with van der Waals surface area (Å²) in [5.41, 5.74) is 2.68. The number of carbonyl (C=O) groups excluding carboxylic acids is 1. The molecule has 0 bridgehead atoms. The monoisotopic (exact) mass is 465 g/mol. The fraction of sp³-hybridized carbons (Fsp3) is 0.360. The van der Waals surface area contributed by atoms with Crippen molar-refractivity contribution in [3.8, 4) is 11.5 Å². The standard InChI is InChI=1S/C25H27N3O4S/c1-17-7-11-20(12-8-17)33(30,31)23-25(32-22(26-23)21-6-4-3-5-18(21)2)28-15-13-27(14-16-28)24(29)19-9-10-19/h3-8,11-12,19H,9-10,13-16H2,1-2H3. The Bertz CT molecular complexity index is 1290. The van der Waals surface area contributed by atoms with Crippen LogP contribution in [-0.2, 0) is 14.6 Å². The van der Waals surface area contributed by atoms with E-state index < -0.39 is 9.84 Å². The van der Waals surface area contributed by atoms with Gasteiger partial charge in [-0.15, -0.1) is 0 Å². The highest BCUT2D eigenvalue weighted by Gasteiger charge is 2.37. The maximum atomic E-state index is 13.6. The molecule has 0 N–H and O–H groups in total. The minimum atomic E-state index is -3.90. The Hall–Kier alpha value is -3.13. The molecule has 0 radical (unpaired) electrons. The number of aromatic nitrogens is 1. The molecule has 33 heavy (non-hydrogen) atoms. The Morgan fingerprint density at radius 3 is 2.27 bits per heavy atom. The second kappa shape index (κ2) is 8.33. The average Bonchev–Trinajstić information content (AvgIpc) is 3.57. The van der Waals surface area contributed by atoms with E-state index in [1.165, 1.54) is 0 Å². The molecule has 2 aliphatic rings. The van der Waals surface area contributed by atoms with Crippen LogP contribution in [0.2, 0.25) is 0 Å². The third-order valence-corrected chi connectivity index (χ3v) is 8.01. The van der Waals surface area contributed by atoms with Gasteiger partial charge in [0.15, 0.2) is 0 Å². The van der Waals surface area contributed by atoms with Crippen molar-refractivity contribution in [3.05, 3.63) is 59.7 Å². The number of piperazine rings is 1. The predicted octanol–water partition coefficient (Wildman–Crippen LogP) is 3.85. The van der Waals surface area contributed by atoms with Crippen molar-refractivity contribution in [2.24, 2.45) is 5.92 Å². The van der Waals surface area contributed by atoms with E-state index in [4.69, 9.17) is 4.42 Å². The normalized spacial score (nSPS) is 16.8. The summed E-state index contributed by atoms with van der Waals surface area (Å²) in [5, 5.41) is -0.0772. The van der Waals surface area contributed by atoms with Gasteiger partial charge in [0.2, 0.25) is 32.5 Å². The molecule has 3 aromatic rings. The van der Waals surface area contributed by atoms with Gasteiger partial charge in [0.1, 0.15) is 0 Å². The van der Waals surface area contributed by atoms with Crippen molar-refractivity contribution in [2.45, 2.75) is 36.6 Å². The van der Waals surface area contributed by atoms with Gasteiger partial charge >= 0.3 is 0 Å². The largest absolute Gasteiger partial charge is 0.419 e. The molecule has 172 valence electrons. The number of aryl methyl sites for hydroxylation is 2. The zero-order valence-corrected chi connectivity index (χ0v) is 19.6.